The number of halogens is 1. The minimum Gasteiger partial charge on any atom is -0.490 e. The van der Waals surface area contributed by atoms with Crippen LogP contribution in [0.5, 0.6) is 5.75 Å². The first-order valence-electron chi connectivity index (χ1n) is 20.2. The number of aliphatic imine (C=N–C) groups is 1. The lowest BCUT2D eigenvalue weighted by molar-refractivity contribution is 0.0296. The van der Waals surface area contributed by atoms with E-state index in [1.807, 2.05) is 19.1 Å². The minimum atomic E-state index is -3.50. The van der Waals surface area contributed by atoms with Crippen molar-refractivity contribution in [3.63, 3.8) is 0 Å². The van der Waals surface area contributed by atoms with Crippen molar-refractivity contribution in [3.8, 4) is 5.75 Å². The summed E-state index contributed by atoms with van der Waals surface area (Å²) in [5, 5.41) is 0.720. The molecule has 1 aromatic heterocycles. The van der Waals surface area contributed by atoms with Crippen LogP contribution in [0.15, 0.2) is 70.2 Å². The highest BCUT2D eigenvalue weighted by molar-refractivity contribution is 8.06. The summed E-state index contributed by atoms with van der Waals surface area (Å²) in [4.78, 5) is 48.9. The van der Waals surface area contributed by atoms with E-state index >= 15 is 0 Å². The number of methoxy groups -OCH3 is 1. The van der Waals surface area contributed by atoms with Crippen molar-refractivity contribution in [1.29, 1.82) is 0 Å². The summed E-state index contributed by atoms with van der Waals surface area (Å²) >= 11 is 6.47. The zero-order chi connectivity index (χ0) is 41.2. The van der Waals surface area contributed by atoms with Crippen LogP contribution in [0.1, 0.15) is 82.4 Å². The highest BCUT2D eigenvalue weighted by Gasteiger charge is 2.42. The second-order valence-electron chi connectivity index (χ2n) is 16.5. The summed E-state index contributed by atoms with van der Waals surface area (Å²) in [6.07, 6.45) is 8.89. The predicted molar refractivity (Wildman–Crippen MR) is 227 cm³/mol. The molecule has 3 aromatic rings. The van der Waals surface area contributed by atoms with Gasteiger partial charge in [0.2, 0.25) is 0 Å². The van der Waals surface area contributed by atoms with Crippen molar-refractivity contribution in [2.45, 2.75) is 58.0 Å². The number of carbonyl (C=O) groups is 3. The first-order valence-corrected chi connectivity index (χ1v) is 22.3. The average Bonchev–Trinajstić information content (AvgIpc) is 3.54. The molecule has 1 saturated heterocycles. The number of hydrogen-bond donors (Lipinski definition) is 0. The molecule has 4 aliphatic rings. The molecule has 3 amide bonds. The number of allylic oxidation sites excluding steroid dienone is 1. The lowest BCUT2D eigenvalue weighted by atomic mass is 9.70. The van der Waals surface area contributed by atoms with Crippen LogP contribution in [0, 0.1) is 17.8 Å². The molecule has 1 aliphatic carbocycles. The Labute approximate surface area is 346 Å². The van der Waals surface area contributed by atoms with Gasteiger partial charge in [-0.2, -0.15) is 4.36 Å². The van der Waals surface area contributed by atoms with Crippen LogP contribution in [-0.2, 0) is 38.1 Å². The van der Waals surface area contributed by atoms with Gasteiger partial charge in [0, 0.05) is 68.3 Å². The number of amides is 3. The van der Waals surface area contributed by atoms with Gasteiger partial charge in [0.15, 0.2) is 0 Å². The number of aryl methyl sites for hydroxylation is 2. The number of fused-ring (bicyclic) bond motifs is 3. The van der Waals surface area contributed by atoms with Crippen molar-refractivity contribution in [1.82, 2.24) is 9.47 Å². The van der Waals surface area contributed by atoms with E-state index in [9.17, 15) is 18.6 Å². The summed E-state index contributed by atoms with van der Waals surface area (Å²) in [5.41, 5.74) is 4.73. The summed E-state index contributed by atoms with van der Waals surface area (Å²) in [7, 11) is -0.0899. The lowest BCUT2D eigenvalue weighted by Gasteiger charge is -2.42. The van der Waals surface area contributed by atoms with E-state index in [-0.39, 0.29) is 52.1 Å². The summed E-state index contributed by atoms with van der Waals surface area (Å²) < 4.78 is 38.7. The molecule has 2 bridgehead atoms. The number of carbonyl (C=O) groups excluding carboxylic acids is 3. The SMILES string of the molecule is CO[C@H]1/C=C/C[C@H](C)CS(=O)(C=NC(=O)c2cc(C(=O)N3CCOCC3)n(C)c2)=NC(=O)c2ccc3c(c2)N(C[C@H](C)[C@H]1C)C[C@@]1(CCCc2cc(Cl)ccc21)CO3. The molecule has 1 fully saturated rings. The van der Waals surface area contributed by atoms with Gasteiger partial charge < -0.3 is 28.6 Å². The van der Waals surface area contributed by atoms with Crippen molar-refractivity contribution < 1.29 is 32.8 Å². The van der Waals surface area contributed by atoms with Crippen LogP contribution in [0.3, 0.4) is 0 Å². The molecule has 4 heterocycles. The summed E-state index contributed by atoms with van der Waals surface area (Å²) in [5.74, 6) is -0.785. The van der Waals surface area contributed by atoms with E-state index in [0.717, 1.165) is 35.5 Å². The highest BCUT2D eigenvalue weighted by Crippen LogP contribution is 2.45. The third-order valence-electron chi connectivity index (χ3n) is 12.2. The molecule has 1 unspecified atom stereocenters. The molecular formula is C44H54ClN5O7S. The molecule has 0 radical (unpaired) electrons. The third-order valence-corrected chi connectivity index (χ3v) is 14.4. The van der Waals surface area contributed by atoms with Crippen LogP contribution < -0.4 is 9.64 Å². The Balaban J connectivity index is 1.25. The number of rotatable bonds is 4. The number of hydrogen-bond acceptors (Lipinski definition) is 8. The normalized spacial score (nSPS) is 28.7. The molecule has 7 rings (SSSR count). The zero-order valence-corrected chi connectivity index (χ0v) is 35.6. The van der Waals surface area contributed by atoms with Crippen LogP contribution >= 0.6 is 11.6 Å². The Bertz CT molecular complexity index is 2240. The van der Waals surface area contributed by atoms with Crippen LogP contribution in [0.25, 0.3) is 0 Å². The molecule has 3 aliphatic heterocycles. The second-order valence-corrected chi connectivity index (χ2v) is 19.1. The van der Waals surface area contributed by atoms with Gasteiger partial charge in [-0.05, 0) is 91.0 Å². The Hall–Kier alpha value is -4.30. The smallest absolute Gasteiger partial charge is 0.285 e. The summed E-state index contributed by atoms with van der Waals surface area (Å²) in [6, 6.07) is 12.9. The molecule has 2 aromatic carbocycles. The lowest BCUT2D eigenvalue weighted by Crippen LogP contribution is -2.47. The monoisotopic (exact) mass is 831 g/mol. The van der Waals surface area contributed by atoms with Gasteiger partial charge in [0.1, 0.15) is 17.0 Å². The number of nitrogens with zero attached hydrogens (tertiary/aromatic N) is 5. The first-order chi connectivity index (χ1) is 27.8. The maximum absolute atomic E-state index is 14.7. The highest BCUT2D eigenvalue weighted by atomic mass is 35.5. The second kappa shape index (κ2) is 17.5. The predicted octanol–water partition coefficient (Wildman–Crippen LogP) is 6.98. The topological polar surface area (TPSA) is 132 Å². The Morgan fingerprint density at radius 3 is 2.67 bits per heavy atom. The van der Waals surface area contributed by atoms with E-state index in [4.69, 9.17) is 25.8 Å². The molecule has 0 N–H and O–H groups in total. The van der Waals surface area contributed by atoms with Gasteiger partial charge in [-0.3, -0.25) is 14.4 Å². The van der Waals surface area contributed by atoms with Gasteiger partial charge >= 0.3 is 0 Å². The van der Waals surface area contributed by atoms with E-state index < -0.39 is 21.5 Å². The number of morpholine rings is 1. The number of benzene rings is 2. The third kappa shape index (κ3) is 8.97. The fourth-order valence-electron chi connectivity index (χ4n) is 8.80. The number of aromatic nitrogens is 1. The Kier molecular flexibility index (Phi) is 12.6. The molecule has 1 spiro atoms. The van der Waals surface area contributed by atoms with Crippen LogP contribution in [-0.4, -0.2) is 102 Å². The maximum Gasteiger partial charge on any atom is 0.285 e. The van der Waals surface area contributed by atoms with Crippen molar-refractivity contribution in [3.05, 3.63) is 93.8 Å². The van der Waals surface area contributed by atoms with E-state index in [0.29, 0.717) is 63.9 Å². The minimum absolute atomic E-state index is 0.00879. The van der Waals surface area contributed by atoms with Crippen molar-refractivity contribution in [2.75, 3.05) is 63.8 Å². The fourth-order valence-corrected chi connectivity index (χ4v) is 10.8. The standard InChI is InChI=1S/C44H54ClN5O7S/c1-29-8-6-10-39(55-5)31(3)30(2)23-50-26-44(15-7-9-32-20-35(45)12-13-36(32)44)27-57-40-14-11-33(21-37(40)50)42(52)47-58(54,25-29)28-46-41(51)34-22-38(48(4)24-34)43(53)49-16-18-56-19-17-49/h6,10-14,20-22,24,28-31,39H,7-9,15-19,23,25-27H2,1-5H3/b10-6+,46-28?/t29-,30-,31+,39-,44-,58?/m0/s1. The van der Waals surface area contributed by atoms with Gasteiger partial charge in [0.25, 0.3) is 17.7 Å². The Morgan fingerprint density at radius 2 is 1.90 bits per heavy atom. The van der Waals surface area contributed by atoms with Crippen molar-refractivity contribution in [2.24, 2.45) is 34.2 Å². The largest absolute Gasteiger partial charge is 0.490 e. The molecule has 0 saturated carbocycles. The van der Waals surface area contributed by atoms with Gasteiger partial charge in [-0.1, -0.05) is 50.6 Å². The van der Waals surface area contributed by atoms with E-state index in [1.54, 1.807) is 41.8 Å². The van der Waals surface area contributed by atoms with E-state index in [1.165, 1.54) is 23.4 Å². The van der Waals surface area contributed by atoms with Crippen LogP contribution in [0.4, 0.5) is 5.69 Å². The fraction of sp³-hybridized carbons (Fsp3) is 0.500. The average molecular weight is 832 g/mol. The number of ether oxygens (including phenoxy) is 3. The quantitative estimate of drug-likeness (QED) is 0.156. The molecular weight excluding hydrogens is 778 g/mol. The molecule has 14 heteroatoms. The molecule has 58 heavy (non-hydrogen) atoms. The van der Waals surface area contributed by atoms with Gasteiger partial charge in [-0.15, -0.1) is 0 Å². The molecule has 6 atom stereocenters. The zero-order valence-electron chi connectivity index (χ0n) is 34.0. The van der Waals surface area contributed by atoms with Gasteiger partial charge in [-0.25, -0.2) is 9.20 Å². The van der Waals surface area contributed by atoms with Crippen molar-refractivity contribution >= 4 is 50.3 Å². The van der Waals surface area contributed by atoms with E-state index in [2.05, 4.69) is 46.3 Å². The van der Waals surface area contributed by atoms with Crippen LogP contribution in [0.2, 0.25) is 5.02 Å². The Morgan fingerprint density at radius 1 is 1.10 bits per heavy atom. The molecule has 310 valence electrons. The van der Waals surface area contributed by atoms with Gasteiger partial charge in [0.05, 0.1) is 46.9 Å². The first kappa shape index (κ1) is 41.8. The summed E-state index contributed by atoms with van der Waals surface area (Å²) in [6.45, 7) is 9.99. The number of anilines is 1. The molecule has 12 nitrogen and oxygen atoms in total. The maximum atomic E-state index is 14.7.